The van der Waals surface area contributed by atoms with Gasteiger partial charge in [0.1, 0.15) is 6.54 Å². The molecule has 1 aromatic rings. The van der Waals surface area contributed by atoms with Crippen LogP contribution in [-0.4, -0.2) is 33.5 Å². The number of nitrogens with two attached hydrogens (primary N) is 1. The standard InChI is InChI=1S/C19H26N4O4S/c20-18(25)19-7-11-5-12(8-19)17(13(6-11)9-19)21-16(24)10-23-15-4-2-1-3-14(15)22-28(23,26)27/h1-4,11-13,17,22,26-27H,5-10H2,(H2,20,25)(H,21,24). The summed E-state index contributed by atoms with van der Waals surface area (Å²) in [7, 11) is -3.26. The number of primary amides is 1. The molecular weight excluding hydrogens is 380 g/mol. The summed E-state index contributed by atoms with van der Waals surface area (Å²) in [5, 5.41) is 3.14. The summed E-state index contributed by atoms with van der Waals surface area (Å²) in [5.41, 5.74) is 6.56. The molecule has 2 atom stereocenters. The van der Waals surface area contributed by atoms with Gasteiger partial charge in [0.15, 0.2) is 0 Å². The van der Waals surface area contributed by atoms with E-state index in [0.717, 1.165) is 32.1 Å². The Morgan fingerprint density at radius 2 is 1.89 bits per heavy atom. The first kappa shape index (κ1) is 18.1. The summed E-state index contributed by atoms with van der Waals surface area (Å²) in [6.07, 6.45) is 4.46. The molecule has 4 aliphatic carbocycles. The Balaban J connectivity index is 1.30. The zero-order valence-electron chi connectivity index (χ0n) is 15.5. The summed E-state index contributed by atoms with van der Waals surface area (Å²) in [5.74, 6) is 0.647. The number of hydrogen-bond donors (Lipinski definition) is 5. The van der Waals surface area contributed by atoms with Crippen LogP contribution < -0.4 is 20.1 Å². The van der Waals surface area contributed by atoms with Crippen LogP contribution in [0.2, 0.25) is 0 Å². The first-order chi connectivity index (χ1) is 13.3. The number of benzene rings is 1. The summed E-state index contributed by atoms with van der Waals surface area (Å²) in [6.45, 7) is -0.132. The summed E-state index contributed by atoms with van der Waals surface area (Å²) < 4.78 is 24.7. The van der Waals surface area contributed by atoms with E-state index in [1.807, 2.05) is 0 Å². The number of para-hydroxylation sites is 2. The second-order valence-corrected chi connectivity index (χ2v) is 10.6. The zero-order chi connectivity index (χ0) is 19.7. The van der Waals surface area contributed by atoms with Crippen LogP contribution in [0.25, 0.3) is 0 Å². The van der Waals surface area contributed by atoms with Crippen molar-refractivity contribution in [2.45, 2.75) is 38.1 Å². The molecule has 1 heterocycles. The van der Waals surface area contributed by atoms with Gasteiger partial charge in [-0.1, -0.05) is 12.1 Å². The quantitative estimate of drug-likeness (QED) is 0.522. The Hall–Kier alpha value is -1.97. The second-order valence-electron chi connectivity index (χ2n) is 8.88. The van der Waals surface area contributed by atoms with Gasteiger partial charge in [0, 0.05) is 11.5 Å². The van der Waals surface area contributed by atoms with Crippen molar-refractivity contribution in [1.82, 2.24) is 5.32 Å². The predicted octanol–water partition coefficient (Wildman–Crippen LogP) is 2.30. The molecule has 28 heavy (non-hydrogen) atoms. The van der Waals surface area contributed by atoms with Crippen molar-refractivity contribution in [1.29, 1.82) is 0 Å². The number of fused-ring (bicyclic) bond motifs is 1. The average Bonchev–Trinajstić information content (AvgIpc) is 2.87. The molecule has 0 saturated heterocycles. The maximum Gasteiger partial charge on any atom is 0.241 e. The SMILES string of the molecule is NC(=O)C12CC3CC(C1)C(NC(=O)CN1c4ccccc4NS1(O)O)C(C3)C2. The van der Waals surface area contributed by atoms with Gasteiger partial charge < -0.3 is 11.1 Å². The van der Waals surface area contributed by atoms with Crippen LogP contribution in [0.15, 0.2) is 24.3 Å². The minimum absolute atomic E-state index is 0.0316. The molecule has 6 N–H and O–H groups in total. The van der Waals surface area contributed by atoms with Gasteiger partial charge in [-0.3, -0.25) is 23.4 Å². The molecule has 1 aromatic carbocycles. The maximum absolute atomic E-state index is 12.8. The molecule has 1 aliphatic heterocycles. The molecule has 152 valence electrons. The van der Waals surface area contributed by atoms with E-state index in [1.54, 1.807) is 24.3 Å². The molecule has 9 heteroatoms. The fraction of sp³-hybridized carbons (Fsp3) is 0.579. The van der Waals surface area contributed by atoms with Crippen molar-refractivity contribution in [3.05, 3.63) is 24.3 Å². The van der Waals surface area contributed by atoms with Gasteiger partial charge in [-0.2, -0.15) is 0 Å². The highest BCUT2D eigenvalue weighted by molar-refractivity contribution is 8.26. The fourth-order valence-corrected chi connectivity index (χ4v) is 7.52. The molecule has 2 amide bonds. The topological polar surface area (TPSA) is 128 Å². The number of amides is 2. The van der Waals surface area contributed by atoms with Crippen LogP contribution in [0.4, 0.5) is 11.4 Å². The molecule has 4 fully saturated rings. The van der Waals surface area contributed by atoms with E-state index >= 15 is 0 Å². The Bertz CT molecular complexity index is 831. The highest BCUT2D eigenvalue weighted by Gasteiger charge is 2.58. The smallest absolute Gasteiger partial charge is 0.241 e. The molecule has 8 nitrogen and oxygen atoms in total. The Morgan fingerprint density at radius 3 is 2.57 bits per heavy atom. The third-order valence-electron chi connectivity index (χ3n) is 7.14. The van der Waals surface area contributed by atoms with Gasteiger partial charge in [-0.05, 0) is 73.0 Å². The van der Waals surface area contributed by atoms with Crippen molar-refractivity contribution in [2.24, 2.45) is 28.9 Å². The van der Waals surface area contributed by atoms with Crippen LogP contribution in [0, 0.1) is 23.2 Å². The molecule has 6 rings (SSSR count). The number of carbonyl (C=O) groups excluding carboxylic acids is 2. The molecule has 0 radical (unpaired) electrons. The van der Waals surface area contributed by atoms with Crippen LogP contribution in [0.1, 0.15) is 32.1 Å². The first-order valence-electron chi connectivity index (χ1n) is 9.79. The molecule has 0 aromatic heterocycles. The van der Waals surface area contributed by atoms with Crippen LogP contribution in [0.3, 0.4) is 0 Å². The number of carbonyl (C=O) groups is 2. The highest BCUT2D eigenvalue weighted by atomic mass is 32.3. The monoisotopic (exact) mass is 406 g/mol. The Labute approximate surface area is 165 Å². The Kier molecular flexibility index (Phi) is 3.88. The van der Waals surface area contributed by atoms with Crippen LogP contribution in [0.5, 0.6) is 0 Å². The minimum Gasteiger partial charge on any atom is -0.369 e. The maximum atomic E-state index is 12.8. The van der Waals surface area contributed by atoms with E-state index in [2.05, 4.69) is 10.0 Å². The van der Waals surface area contributed by atoms with Crippen molar-refractivity contribution in [3.63, 3.8) is 0 Å². The Morgan fingerprint density at radius 1 is 1.21 bits per heavy atom. The molecule has 0 spiro atoms. The van der Waals surface area contributed by atoms with Gasteiger partial charge in [0.25, 0.3) is 0 Å². The zero-order valence-corrected chi connectivity index (χ0v) is 16.3. The van der Waals surface area contributed by atoms with Crippen molar-refractivity contribution < 1.29 is 18.7 Å². The molecule has 4 saturated carbocycles. The lowest BCUT2D eigenvalue weighted by Gasteiger charge is -2.58. The molecule has 2 unspecified atom stereocenters. The summed E-state index contributed by atoms with van der Waals surface area (Å²) in [4.78, 5) is 24.9. The van der Waals surface area contributed by atoms with E-state index in [9.17, 15) is 18.7 Å². The summed E-state index contributed by atoms with van der Waals surface area (Å²) in [6, 6.07) is 7.14. The van der Waals surface area contributed by atoms with Crippen molar-refractivity contribution in [2.75, 3.05) is 15.6 Å². The third kappa shape index (κ3) is 2.67. The number of nitrogens with one attached hydrogen (secondary N) is 2. The van der Waals surface area contributed by atoms with Gasteiger partial charge in [0.05, 0.1) is 11.4 Å². The molecule has 4 bridgehead atoms. The lowest BCUT2D eigenvalue weighted by atomic mass is 9.47. The van der Waals surface area contributed by atoms with E-state index in [1.165, 1.54) is 4.31 Å². The number of rotatable bonds is 4. The average molecular weight is 407 g/mol. The van der Waals surface area contributed by atoms with E-state index < -0.39 is 11.0 Å². The minimum atomic E-state index is -3.26. The van der Waals surface area contributed by atoms with Crippen molar-refractivity contribution >= 4 is 34.2 Å². The van der Waals surface area contributed by atoms with Gasteiger partial charge in [-0.25, -0.2) is 4.31 Å². The number of nitrogens with zero attached hydrogens (tertiary/aromatic N) is 1. The highest BCUT2D eigenvalue weighted by Crippen LogP contribution is 2.60. The largest absolute Gasteiger partial charge is 0.369 e. The molecular formula is C19H26N4O4S. The summed E-state index contributed by atoms with van der Waals surface area (Å²) >= 11 is 0. The normalized spacial score (nSPS) is 37.9. The van der Waals surface area contributed by atoms with Crippen molar-refractivity contribution in [3.8, 4) is 0 Å². The van der Waals surface area contributed by atoms with Gasteiger partial charge in [0.2, 0.25) is 11.8 Å². The van der Waals surface area contributed by atoms with Crippen LogP contribution in [-0.2, 0) is 9.59 Å². The first-order valence-corrected chi connectivity index (χ1v) is 11.3. The second kappa shape index (κ2) is 6.01. The third-order valence-corrected chi connectivity index (χ3v) is 8.57. The van der Waals surface area contributed by atoms with Crippen LogP contribution >= 0.6 is 11.0 Å². The lowest BCUT2D eigenvalue weighted by Crippen LogP contribution is -2.62. The van der Waals surface area contributed by atoms with E-state index in [4.69, 9.17) is 5.73 Å². The lowest BCUT2D eigenvalue weighted by molar-refractivity contribution is -0.147. The number of anilines is 2. The fourth-order valence-electron chi connectivity index (χ4n) is 6.22. The van der Waals surface area contributed by atoms with E-state index in [-0.39, 0.29) is 41.7 Å². The number of hydrogen-bond acceptors (Lipinski definition) is 6. The van der Waals surface area contributed by atoms with Gasteiger partial charge >= 0.3 is 0 Å². The molecule has 5 aliphatic rings. The van der Waals surface area contributed by atoms with Gasteiger partial charge in [-0.15, -0.1) is 0 Å². The predicted molar refractivity (Wildman–Crippen MR) is 107 cm³/mol. The van der Waals surface area contributed by atoms with E-state index in [0.29, 0.717) is 17.3 Å².